The second-order valence-corrected chi connectivity index (χ2v) is 7.72. The zero-order valence-electron chi connectivity index (χ0n) is 15.8. The van der Waals surface area contributed by atoms with Crippen molar-refractivity contribution in [2.45, 2.75) is 57.7 Å². The molecule has 2 aromatic heterocycles. The van der Waals surface area contributed by atoms with Gasteiger partial charge in [-0.2, -0.15) is 0 Å². The third kappa shape index (κ3) is 3.84. The maximum atomic E-state index is 12.7. The van der Waals surface area contributed by atoms with E-state index in [1.807, 2.05) is 18.3 Å². The van der Waals surface area contributed by atoms with Gasteiger partial charge in [-0.15, -0.1) is 0 Å². The Bertz CT molecular complexity index is 809. The Labute approximate surface area is 159 Å². The van der Waals surface area contributed by atoms with Crippen LogP contribution in [0.4, 0.5) is 0 Å². The molecule has 2 aromatic rings. The third-order valence-electron chi connectivity index (χ3n) is 5.47. The van der Waals surface area contributed by atoms with Crippen LogP contribution in [0.3, 0.4) is 0 Å². The summed E-state index contributed by atoms with van der Waals surface area (Å²) >= 11 is 0. The molecule has 27 heavy (non-hydrogen) atoms. The largest absolute Gasteiger partial charge is 0.348 e. The molecule has 7 heteroatoms. The molecule has 1 aliphatic heterocycles. The summed E-state index contributed by atoms with van der Waals surface area (Å²) in [6, 6.07) is 3.95. The molecule has 0 spiro atoms. The number of nitrogens with zero attached hydrogens (tertiary/aromatic N) is 3. The highest BCUT2D eigenvalue weighted by Gasteiger charge is 2.33. The minimum absolute atomic E-state index is 0.0240. The number of hydrazine groups is 1. The Balaban J connectivity index is 1.48. The van der Waals surface area contributed by atoms with Gasteiger partial charge in [0.2, 0.25) is 5.91 Å². The lowest BCUT2D eigenvalue weighted by Gasteiger charge is -2.26. The van der Waals surface area contributed by atoms with E-state index in [0.717, 1.165) is 42.5 Å². The summed E-state index contributed by atoms with van der Waals surface area (Å²) < 4.78 is 0. The van der Waals surface area contributed by atoms with E-state index >= 15 is 0 Å². The van der Waals surface area contributed by atoms with E-state index in [1.165, 1.54) is 0 Å². The van der Waals surface area contributed by atoms with Crippen molar-refractivity contribution >= 4 is 5.91 Å². The van der Waals surface area contributed by atoms with Crippen molar-refractivity contribution < 1.29 is 4.79 Å². The first-order valence-corrected chi connectivity index (χ1v) is 9.69. The van der Waals surface area contributed by atoms with Crippen LogP contribution in [-0.2, 0) is 11.2 Å². The van der Waals surface area contributed by atoms with Crippen LogP contribution in [0.15, 0.2) is 30.7 Å². The molecule has 0 bridgehead atoms. The van der Waals surface area contributed by atoms with Gasteiger partial charge in [-0.05, 0) is 43.7 Å². The molecule has 4 rings (SSSR count). The van der Waals surface area contributed by atoms with E-state index < -0.39 is 0 Å². The van der Waals surface area contributed by atoms with Crippen LogP contribution < -0.4 is 16.2 Å². The normalized spacial score (nSPS) is 24.6. The second-order valence-electron chi connectivity index (χ2n) is 7.72. The van der Waals surface area contributed by atoms with Crippen LogP contribution >= 0.6 is 0 Å². The van der Waals surface area contributed by atoms with Crippen molar-refractivity contribution in [2.75, 3.05) is 0 Å². The maximum absolute atomic E-state index is 12.7. The quantitative estimate of drug-likeness (QED) is 0.766. The van der Waals surface area contributed by atoms with Gasteiger partial charge in [0.15, 0.2) is 5.82 Å². The molecular formula is C20H26N6O. The lowest BCUT2D eigenvalue weighted by Crippen LogP contribution is -2.45. The van der Waals surface area contributed by atoms with Crippen LogP contribution in [0.5, 0.6) is 0 Å². The molecule has 3 heterocycles. The average molecular weight is 366 g/mol. The monoisotopic (exact) mass is 366 g/mol. The Kier molecular flexibility index (Phi) is 5.13. The number of aryl methyl sites for hydroxylation is 1. The van der Waals surface area contributed by atoms with E-state index in [4.69, 9.17) is 4.98 Å². The van der Waals surface area contributed by atoms with Gasteiger partial charge in [0.1, 0.15) is 6.04 Å². The van der Waals surface area contributed by atoms with Crippen LogP contribution in [0.1, 0.15) is 50.4 Å². The van der Waals surface area contributed by atoms with Gasteiger partial charge >= 0.3 is 0 Å². The summed E-state index contributed by atoms with van der Waals surface area (Å²) in [5.74, 6) is 1.22. The standard InChI is InChI=1S/C20H26N6O/c1-12(2)17-9-18(26-25-17)20(27)24-16-7-3-6-15-14(16)11-22-19(23-15)13-5-4-8-21-10-13/h4-5,8,10-12,16-18,25-26H,3,6-7,9H2,1-2H3,(H,24,27). The number of carbonyl (C=O) groups excluding carboxylic acids is 1. The van der Waals surface area contributed by atoms with Crippen molar-refractivity contribution in [1.29, 1.82) is 0 Å². The third-order valence-corrected chi connectivity index (χ3v) is 5.47. The summed E-state index contributed by atoms with van der Waals surface area (Å²) in [5, 5.41) is 3.20. The number of fused-ring (bicyclic) bond motifs is 1. The number of pyridine rings is 1. The first-order valence-electron chi connectivity index (χ1n) is 9.69. The molecule has 0 radical (unpaired) electrons. The minimum Gasteiger partial charge on any atom is -0.348 e. The summed E-state index contributed by atoms with van der Waals surface area (Å²) in [6.45, 7) is 4.32. The number of aromatic nitrogens is 3. The van der Waals surface area contributed by atoms with Gasteiger partial charge in [0.25, 0.3) is 0 Å². The lowest BCUT2D eigenvalue weighted by atomic mass is 9.91. The van der Waals surface area contributed by atoms with Gasteiger partial charge in [-0.3, -0.25) is 15.2 Å². The van der Waals surface area contributed by atoms with Crippen molar-refractivity contribution in [1.82, 2.24) is 31.1 Å². The van der Waals surface area contributed by atoms with Crippen molar-refractivity contribution in [3.05, 3.63) is 42.0 Å². The molecule has 0 saturated carbocycles. The first-order chi connectivity index (χ1) is 13.1. The zero-order valence-corrected chi connectivity index (χ0v) is 15.8. The number of carbonyl (C=O) groups is 1. The number of nitrogens with one attached hydrogen (secondary N) is 3. The number of amides is 1. The van der Waals surface area contributed by atoms with E-state index in [-0.39, 0.29) is 18.0 Å². The molecule has 3 atom stereocenters. The smallest absolute Gasteiger partial charge is 0.239 e. The molecule has 1 saturated heterocycles. The molecule has 3 N–H and O–H groups in total. The van der Waals surface area contributed by atoms with E-state index in [1.54, 1.807) is 12.4 Å². The lowest BCUT2D eigenvalue weighted by molar-refractivity contribution is -0.123. The van der Waals surface area contributed by atoms with Crippen molar-refractivity contribution in [2.24, 2.45) is 5.92 Å². The van der Waals surface area contributed by atoms with Crippen LogP contribution in [0, 0.1) is 5.92 Å². The summed E-state index contributed by atoms with van der Waals surface area (Å²) in [6.07, 6.45) is 9.02. The molecule has 142 valence electrons. The van der Waals surface area contributed by atoms with E-state index in [0.29, 0.717) is 17.8 Å². The average Bonchev–Trinajstić information content (AvgIpc) is 3.19. The Hall–Kier alpha value is -2.38. The molecule has 7 nitrogen and oxygen atoms in total. The highest BCUT2D eigenvalue weighted by atomic mass is 16.2. The number of hydrogen-bond acceptors (Lipinski definition) is 6. The van der Waals surface area contributed by atoms with Crippen molar-refractivity contribution in [3.63, 3.8) is 0 Å². The molecule has 1 amide bonds. The molecule has 2 aliphatic rings. The number of hydrogen-bond donors (Lipinski definition) is 3. The molecular weight excluding hydrogens is 340 g/mol. The minimum atomic E-state index is -0.196. The Morgan fingerprint density at radius 1 is 1.30 bits per heavy atom. The fourth-order valence-electron chi connectivity index (χ4n) is 3.79. The summed E-state index contributed by atoms with van der Waals surface area (Å²) in [4.78, 5) is 26.1. The number of rotatable bonds is 4. The zero-order chi connectivity index (χ0) is 18.8. The summed E-state index contributed by atoms with van der Waals surface area (Å²) in [5.41, 5.74) is 9.33. The Morgan fingerprint density at radius 3 is 2.93 bits per heavy atom. The molecule has 0 aromatic carbocycles. The van der Waals surface area contributed by atoms with E-state index in [2.05, 4.69) is 40.0 Å². The highest BCUT2D eigenvalue weighted by molar-refractivity contribution is 5.82. The van der Waals surface area contributed by atoms with E-state index in [9.17, 15) is 4.79 Å². The molecule has 1 fully saturated rings. The van der Waals surface area contributed by atoms with Gasteiger partial charge in [0, 0.05) is 41.5 Å². The maximum Gasteiger partial charge on any atom is 0.239 e. The van der Waals surface area contributed by atoms with Crippen LogP contribution in [0.25, 0.3) is 11.4 Å². The first kappa shape index (κ1) is 18.0. The van der Waals surface area contributed by atoms with Crippen molar-refractivity contribution in [3.8, 4) is 11.4 Å². The van der Waals surface area contributed by atoms with Gasteiger partial charge in [-0.25, -0.2) is 15.4 Å². The van der Waals surface area contributed by atoms with Gasteiger partial charge in [-0.1, -0.05) is 13.8 Å². The molecule has 3 unspecified atom stereocenters. The SMILES string of the molecule is CC(C)C1CC(C(=O)NC2CCCc3nc(-c4cccnc4)ncc32)NN1. The summed E-state index contributed by atoms with van der Waals surface area (Å²) in [7, 11) is 0. The van der Waals surface area contributed by atoms with Gasteiger partial charge < -0.3 is 5.32 Å². The van der Waals surface area contributed by atoms with Crippen LogP contribution in [0.2, 0.25) is 0 Å². The fraction of sp³-hybridized carbons (Fsp3) is 0.500. The predicted octanol–water partition coefficient (Wildman–Crippen LogP) is 1.92. The molecule has 1 aliphatic carbocycles. The highest BCUT2D eigenvalue weighted by Crippen LogP contribution is 2.29. The van der Waals surface area contributed by atoms with Gasteiger partial charge in [0.05, 0.1) is 6.04 Å². The fourth-order valence-corrected chi connectivity index (χ4v) is 3.79. The second kappa shape index (κ2) is 7.70. The topological polar surface area (TPSA) is 91.8 Å². The Morgan fingerprint density at radius 2 is 2.19 bits per heavy atom. The predicted molar refractivity (Wildman–Crippen MR) is 102 cm³/mol. The van der Waals surface area contributed by atoms with Crippen LogP contribution in [-0.4, -0.2) is 32.9 Å².